The van der Waals surface area contributed by atoms with Crippen LogP contribution in [0.4, 0.5) is 11.4 Å². The Morgan fingerprint density at radius 1 is 1.17 bits per heavy atom. The Balaban J connectivity index is 1.57. The zero-order valence-corrected chi connectivity index (χ0v) is 17.1. The van der Waals surface area contributed by atoms with E-state index in [1.54, 1.807) is 17.7 Å². The fourth-order valence-electron chi connectivity index (χ4n) is 3.13. The lowest BCUT2D eigenvalue weighted by atomic mass is 10.1. The Kier molecular flexibility index (Phi) is 5.06. The summed E-state index contributed by atoms with van der Waals surface area (Å²) >= 11 is 1.26. The molecule has 2 amide bonds. The van der Waals surface area contributed by atoms with Gasteiger partial charge in [0.2, 0.25) is 17.0 Å². The molecule has 0 unspecified atom stereocenters. The summed E-state index contributed by atoms with van der Waals surface area (Å²) < 4.78 is 1.62. The van der Waals surface area contributed by atoms with Gasteiger partial charge < -0.3 is 5.32 Å². The Labute approximate surface area is 172 Å². The molecule has 1 aromatic heterocycles. The standard InChI is InChI=1S/C20H20N6O2S/c1-12-8-9-15(10-13(12)2)26-20(22-23-24-26)29-14(3)19(28)25-11-18(27)21-16-6-4-5-7-17(16)25/h4-10,14H,11H2,1-3H3,(H,21,27)/t14-/m0/s1. The van der Waals surface area contributed by atoms with E-state index in [9.17, 15) is 9.59 Å². The third kappa shape index (κ3) is 3.73. The highest BCUT2D eigenvalue weighted by Gasteiger charge is 2.31. The predicted molar refractivity (Wildman–Crippen MR) is 111 cm³/mol. The number of amides is 2. The first-order valence-electron chi connectivity index (χ1n) is 9.17. The molecular formula is C20H20N6O2S. The second kappa shape index (κ2) is 7.67. The van der Waals surface area contributed by atoms with Gasteiger partial charge in [-0.05, 0) is 66.6 Å². The van der Waals surface area contributed by atoms with Gasteiger partial charge in [-0.1, -0.05) is 30.0 Å². The van der Waals surface area contributed by atoms with Crippen LogP contribution in [0, 0.1) is 13.8 Å². The van der Waals surface area contributed by atoms with Gasteiger partial charge in [-0.2, -0.15) is 4.68 Å². The Bertz CT molecular complexity index is 1100. The van der Waals surface area contributed by atoms with Crippen LogP contribution in [0.15, 0.2) is 47.6 Å². The first-order chi connectivity index (χ1) is 13.9. The molecule has 29 heavy (non-hydrogen) atoms. The number of hydrogen-bond acceptors (Lipinski definition) is 6. The number of nitrogens with one attached hydrogen (secondary N) is 1. The summed E-state index contributed by atoms with van der Waals surface area (Å²) in [6.45, 7) is 5.85. The fourth-order valence-corrected chi connectivity index (χ4v) is 4.00. The van der Waals surface area contributed by atoms with Crippen molar-refractivity contribution in [1.82, 2.24) is 20.2 Å². The van der Waals surface area contributed by atoms with E-state index in [4.69, 9.17) is 0 Å². The van der Waals surface area contributed by atoms with Gasteiger partial charge in [-0.3, -0.25) is 14.5 Å². The van der Waals surface area contributed by atoms with Crippen molar-refractivity contribution in [3.05, 3.63) is 53.6 Å². The number of carbonyl (C=O) groups is 2. The van der Waals surface area contributed by atoms with E-state index in [1.807, 2.05) is 50.2 Å². The molecule has 4 rings (SSSR count). The molecule has 0 aliphatic carbocycles. The van der Waals surface area contributed by atoms with Crippen molar-refractivity contribution in [3.8, 4) is 5.69 Å². The van der Waals surface area contributed by atoms with Gasteiger partial charge in [0, 0.05) is 0 Å². The predicted octanol–water partition coefficient (Wildman–Crippen LogP) is 2.75. The summed E-state index contributed by atoms with van der Waals surface area (Å²) in [5.74, 6) is -0.388. The van der Waals surface area contributed by atoms with Crippen molar-refractivity contribution < 1.29 is 9.59 Å². The minimum absolute atomic E-state index is 0.0111. The van der Waals surface area contributed by atoms with Crippen LogP contribution in [0.3, 0.4) is 0 Å². The summed E-state index contributed by atoms with van der Waals surface area (Å²) in [6, 6.07) is 13.2. The topological polar surface area (TPSA) is 93.0 Å². The zero-order chi connectivity index (χ0) is 20.5. The lowest BCUT2D eigenvalue weighted by Crippen LogP contribution is -2.45. The fraction of sp³-hybridized carbons (Fsp3) is 0.250. The average Bonchev–Trinajstić information content (AvgIpc) is 3.16. The summed E-state index contributed by atoms with van der Waals surface area (Å²) in [5.41, 5.74) is 4.48. The van der Waals surface area contributed by atoms with Crippen molar-refractivity contribution in [1.29, 1.82) is 0 Å². The first kappa shape index (κ1) is 19.1. The smallest absolute Gasteiger partial charge is 0.244 e. The van der Waals surface area contributed by atoms with E-state index in [0.717, 1.165) is 11.3 Å². The van der Waals surface area contributed by atoms with Gasteiger partial charge in [-0.25, -0.2) is 0 Å². The summed E-state index contributed by atoms with van der Waals surface area (Å²) in [7, 11) is 0. The number of benzene rings is 2. The normalized spacial score (nSPS) is 14.3. The van der Waals surface area contributed by atoms with Crippen LogP contribution < -0.4 is 10.2 Å². The minimum atomic E-state index is -0.481. The molecule has 0 spiro atoms. The van der Waals surface area contributed by atoms with E-state index < -0.39 is 5.25 Å². The molecule has 0 saturated heterocycles. The maximum atomic E-state index is 13.1. The van der Waals surface area contributed by atoms with E-state index in [1.165, 1.54) is 22.2 Å². The first-order valence-corrected chi connectivity index (χ1v) is 10.0. The number of nitrogens with zero attached hydrogens (tertiary/aromatic N) is 5. The van der Waals surface area contributed by atoms with Crippen LogP contribution in [-0.2, 0) is 9.59 Å². The highest BCUT2D eigenvalue weighted by molar-refractivity contribution is 8.00. The molecule has 0 bridgehead atoms. The molecule has 1 aliphatic heterocycles. The van der Waals surface area contributed by atoms with E-state index in [2.05, 4.69) is 20.8 Å². The van der Waals surface area contributed by atoms with Crippen molar-refractivity contribution in [3.63, 3.8) is 0 Å². The van der Waals surface area contributed by atoms with Gasteiger partial charge in [0.15, 0.2) is 0 Å². The molecule has 2 aromatic carbocycles. The van der Waals surface area contributed by atoms with Gasteiger partial charge in [0.1, 0.15) is 6.54 Å². The summed E-state index contributed by atoms with van der Waals surface area (Å²) in [4.78, 5) is 26.7. The molecule has 0 fully saturated rings. The number of aromatic nitrogens is 4. The molecule has 9 heteroatoms. The Hall–Kier alpha value is -3.20. The summed E-state index contributed by atoms with van der Waals surface area (Å²) in [5, 5.41) is 14.8. The van der Waals surface area contributed by atoms with Gasteiger partial charge in [-0.15, -0.1) is 5.10 Å². The molecule has 1 atom stereocenters. The maximum absolute atomic E-state index is 13.1. The molecule has 8 nitrogen and oxygen atoms in total. The lowest BCUT2D eigenvalue weighted by molar-refractivity contribution is -0.121. The van der Waals surface area contributed by atoms with Crippen LogP contribution in [-0.4, -0.2) is 43.8 Å². The largest absolute Gasteiger partial charge is 0.323 e. The second-order valence-electron chi connectivity index (χ2n) is 6.89. The number of carbonyl (C=O) groups excluding carboxylic acids is 2. The lowest BCUT2D eigenvalue weighted by Gasteiger charge is -2.30. The Morgan fingerprint density at radius 2 is 1.97 bits per heavy atom. The molecular weight excluding hydrogens is 388 g/mol. The average molecular weight is 408 g/mol. The number of tetrazole rings is 1. The van der Waals surface area contributed by atoms with Crippen LogP contribution in [0.25, 0.3) is 5.69 Å². The van der Waals surface area contributed by atoms with Gasteiger partial charge in [0.25, 0.3) is 0 Å². The minimum Gasteiger partial charge on any atom is -0.323 e. The van der Waals surface area contributed by atoms with Gasteiger partial charge >= 0.3 is 0 Å². The zero-order valence-electron chi connectivity index (χ0n) is 16.3. The van der Waals surface area contributed by atoms with E-state index in [-0.39, 0.29) is 18.4 Å². The number of anilines is 2. The van der Waals surface area contributed by atoms with Crippen molar-refractivity contribution >= 4 is 35.0 Å². The van der Waals surface area contributed by atoms with Crippen molar-refractivity contribution in [2.75, 3.05) is 16.8 Å². The number of rotatable bonds is 4. The van der Waals surface area contributed by atoms with Crippen LogP contribution in [0.5, 0.6) is 0 Å². The maximum Gasteiger partial charge on any atom is 0.244 e. The third-order valence-corrected chi connectivity index (χ3v) is 5.86. The number of aryl methyl sites for hydroxylation is 2. The molecule has 1 N–H and O–H groups in total. The molecule has 1 aliphatic rings. The third-order valence-electron chi connectivity index (χ3n) is 4.84. The van der Waals surface area contributed by atoms with E-state index >= 15 is 0 Å². The van der Waals surface area contributed by atoms with Crippen molar-refractivity contribution in [2.45, 2.75) is 31.2 Å². The van der Waals surface area contributed by atoms with Crippen LogP contribution >= 0.6 is 11.8 Å². The summed E-state index contributed by atoms with van der Waals surface area (Å²) in [6.07, 6.45) is 0. The van der Waals surface area contributed by atoms with Crippen LogP contribution in [0.2, 0.25) is 0 Å². The molecule has 0 radical (unpaired) electrons. The highest BCUT2D eigenvalue weighted by Crippen LogP contribution is 2.32. The molecule has 0 saturated carbocycles. The number of hydrogen-bond donors (Lipinski definition) is 1. The Morgan fingerprint density at radius 3 is 2.76 bits per heavy atom. The number of para-hydroxylation sites is 2. The van der Waals surface area contributed by atoms with Gasteiger partial charge in [0.05, 0.1) is 22.3 Å². The molecule has 2 heterocycles. The number of thioether (sulfide) groups is 1. The number of fused-ring (bicyclic) bond motifs is 1. The van der Waals surface area contributed by atoms with Crippen LogP contribution in [0.1, 0.15) is 18.1 Å². The van der Waals surface area contributed by atoms with Crippen molar-refractivity contribution in [2.24, 2.45) is 0 Å². The second-order valence-corrected chi connectivity index (χ2v) is 8.20. The molecule has 3 aromatic rings. The molecule has 148 valence electrons. The SMILES string of the molecule is Cc1ccc(-n2nnnc2S[C@@H](C)C(=O)N2CC(=O)Nc3ccccc32)cc1C. The monoisotopic (exact) mass is 408 g/mol. The quantitative estimate of drug-likeness (QED) is 0.668. The highest BCUT2D eigenvalue weighted by atomic mass is 32.2. The van der Waals surface area contributed by atoms with E-state index in [0.29, 0.717) is 16.5 Å².